The van der Waals surface area contributed by atoms with Crippen molar-refractivity contribution in [1.82, 2.24) is 4.90 Å². The molecule has 0 radical (unpaired) electrons. The highest BCUT2D eigenvalue weighted by Crippen LogP contribution is 2.28. The van der Waals surface area contributed by atoms with Gasteiger partial charge in [-0.25, -0.2) is 0 Å². The first kappa shape index (κ1) is 13.5. The molecular formula is C15H21NOS. The van der Waals surface area contributed by atoms with Crippen LogP contribution >= 0.6 is 12.6 Å². The average Bonchev–Trinajstić information content (AvgIpc) is 2.38. The van der Waals surface area contributed by atoms with Crippen molar-refractivity contribution in [3.63, 3.8) is 0 Å². The van der Waals surface area contributed by atoms with Crippen molar-refractivity contribution in [2.24, 2.45) is 5.92 Å². The number of benzene rings is 1. The number of carbonyl (C=O) groups is 1. The van der Waals surface area contributed by atoms with Gasteiger partial charge < -0.3 is 4.90 Å². The maximum atomic E-state index is 12.5. The van der Waals surface area contributed by atoms with Crippen molar-refractivity contribution in [3.8, 4) is 0 Å². The van der Waals surface area contributed by atoms with Gasteiger partial charge in [0.05, 0.1) is 5.56 Å². The standard InChI is InChI=1S/C15H21NOS/c1-11-7-3-5-9-13(11)16(2)15(17)12-8-4-6-10-14(12)18/h4,6,8,10-11,13,18H,3,5,7,9H2,1-2H3. The Morgan fingerprint density at radius 2 is 1.94 bits per heavy atom. The first-order valence-electron chi connectivity index (χ1n) is 6.66. The van der Waals surface area contributed by atoms with Gasteiger partial charge in [0.2, 0.25) is 0 Å². The van der Waals surface area contributed by atoms with Crippen LogP contribution in [0.2, 0.25) is 0 Å². The fraction of sp³-hybridized carbons (Fsp3) is 0.533. The van der Waals surface area contributed by atoms with Crippen LogP contribution in [0.25, 0.3) is 0 Å². The van der Waals surface area contributed by atoms with Gasteiger partial charge in [0, 0.05) is 18.0 Å². The molecule has 2 nitrogen and oxygen atoms in total. The van der Waals surface area contributed by atoms with Gasteiger partial charge in [-0.15, -0.1) is 12.6 Å². The summed E-state index contributed by atoms with van der Waals surface area (Å²) < 4.78 is 0. The molecule has 0 aliphatic heterocycles. The summed E-state index contributed by atoms with van der Waals surface area (Å²) >= 11 is 4.37. The third-order valence-electron chi connectivity index (χ3n) is 4.02. The maximum absolute atomic E-state index is 12.5. The van der Waals surface area contributed by atoms with Crippen molar-refractivity contribution >= 4 is 18.5 Å². The van der Waals surface area contributed by atoms with E-state index in [1.165, 1.54) is 19.3 Å². The molecule has 1 aliphatic rings. The van der Waals surface area contributed by atoms with Gasteiger partial charge in [-0.2, -0.15) is 0 Å². The van der Waals surface area contributed by atoms with Crippen LogP contribution in [0.15, 0.2) is 29.2 Å². The molecule has 0 heterocycles. The molecule has 18 heavy (non-hydrogen) atoms. The van der Waals surface area contributed by atoms with Crippen LogP contribution < -0.4 is 0 Å². The van der Waals surface area contributed by atoms with E-state index >= 15 is 0 Å². The van der Waals surface area contributed by atoms with E-state index in [0.717, 1.165) is 11.3 Å². The lowest BCUT2D eigenvalue weighted by molar-refractivity contribution is 0.0625. The number of thiol groups is 1. The molecule has 0 N–H and O–H groups in total. The molecule has 0 spiro atoms. The Hall–Kier alpha value is -0.960. The third kappa shape index (κ3) is 2.72. The van der Waals surface area contributed by atoms with E-state index in [4.69, 9.17) is 0 Å². The minimum absolute atomic E-state index is 0.0966. The first-order chi connectivity index (χ1) is 8.61. The topological polar surface area (TPSA) is 20.3 Å². The van der Waals surface area contributed by atoms with Gasteiger partial charge in [-0.05, 0) is 30.9 Å². The molecule has 2 rings (SSSR count). The summed E-state index contributed by atoms with van der Waals surface area (Å²) in [6.07, 6.45) is 4.88. The minimum Gasteiger partial charge on any atom is -0.338 e. The second kappa shape index (κ2) is 5.79. The lowest BCUT2D eigenvalue weighted by Gasteiger charge is -2.36. The summed E-state index contributed by atoms with van der Waals surface area (Å²) in [6.45, 7) is 2.25. The molecule has 0 saturated heterocycles. The Bertz CT molecular complexity index is 432. The molecule has 1 saturated carbocycles. The number of nitrogens with zero attached hydrogens (tertiary/aromatic N) is 1. The van der Waals surface area contributed by atoms with Crippen LogP contribution in [-0.2, 0) is 0 Å². The van der Waals surface area contributed by atoms with Gasteiger partial charge in [0.25, 0.3) is 5.91 Å². The van der Waals surface area contributed by atoms with E-state index in [2.05, 4.69) is 19.6 Å². The maximum Gasteiger partial charge on any atom is 0.254 e. The smallest absolute Gasteiger partial charge is 0.254 e. The second-order valence-corrected chi connectivity index (χ2v) is 5.74. The van der Waals surface area contributed by atoms with Crippen molar-refractivity contribution in [2.75, 3.05) is 7.05 Å². The van der Waals surface area contributed by atoms with Crippen LogP contribution in [-0.4, -0.2) is 23.9 Å². The first-order valence-corrected chi connectivity index (χ1v) is 7.11. The fourth-order valence-electron chi connectivity index (χ4n) is 2.87. The number of rotatable bonds is 2. The van der Waals surface area contributed by atoms with Gasteiger partial charge in [-0.1, -0.05) is 31.9 Å². The lowest BCUT2D eigenvalue weighted by atomic mass is 9.85. The average molecular weight is 263 g/mol. The number of carbonyl (C=O) groups excluding carboxylic acids is 1. The van der Waals surface area contributed by atoms with E-state index in [9.17, 15) is 4.79 Å². The molecule has 1 aliphatic carbocycles. The van der Waals surface area contributed by atoms with Crippen molar-refractivity contribution in [3.05, 3.63) is 29.8 Å². The fourth-order valence-corrected chi connectivity index (χ4v) is 3.12. The zero-order valence-corrected chi connectivity index (χ0v) is 12.0. The molecule has 3 heteroatoms. The summed E-state index contributed by atoms with van der Waals surface area (Å²) in [7, 11) is 1.93. The highest BCUT2D eigenvalue weighted by Gasteiger charge is 2.28. The second-order valence-electron chi connectivity index (χ2n) is 5.26. The van der Waals surface area contributed by atoms with E-state index in [1.807, 2.05) is 36.2 Å². The van der Waals surface area contributed by atoms with E-state index in [-0.39, 0.29) is 5.91 Å². The largest absolute Gasteiger partial charge is 0.338 e. The monoisotopic (exact) mass is 263 g/mol. The van der Waals surface area contributed by atoms with Gasteiger partial charge in [-0.3, -0.25) is 4.79 Å². The molecule has 1 amide bonds. The Labute approximate surface area is 115 Å². The van der Waals surface area contributed by atoms with Gasteiger partial charge in [0.15, 0.2) is 0 Å². The third-order valence-corrected chi connectivity index (χ3v) is 4.41. The number of hydrogen-bond donors (Lipinski definition) is 1. The quantitative estimate of drug-likeness (QED) is 0.808. The highest BCUT2D eigenvalue weighted by molar-refractivity contribution is 7.80. The predicted octanol–water partition coefficient (Wildman–Crippen LogP) is 3.63. The normalized spacial score (nSPS) is 23.7. The summed E-state index contributed by atoms with van der Waals surface area (Å²) in [6, 6.07) is 7.90. The lowest BCUT2D eigenvalue weighted by Crippen LogP contribution is -2.42. The van der Waals surface area contributed by atoms with Crippen LogP contribution in [0.4, 0.5) is 0 Å². The molecule has 1 aromatic carbocycles. The van der Waals surface area contributed by atoms with E-state index < -0.39 is 0 Å². The molecule has 98 valence electrons. The summed E-state index contributed by atoms with van der Waals surface area (Å²) in [4.78, 5) is 15.2. The Kier molecular flexibility index (Phi) is 4.33. The molecule has 0 bridgehead atoms. The zero-order chi connectivity index (χ0) is 13.1. The summed E-state index contributed by atoms with van der Waals surface area (Å²) in [5.74, 6) is 0.694. The van der Waals surface area contributed by atoms with Crippen LogP contribution in [0, 0.1) is 5.92 Å². The molecule has 2 atom stereocenters. The van der Waals surface area contributed by atoms with Crippen molar-refractivity contribution in [1.29, 1.82) is 0 Å². The van der Waals surface area contributed by atoms with Crippen LogP contribution in [0.3, 0.4) is 0 Å². The van der Waals surface area contributed by atoms with Crippen LogP contribution in [0.5, 0.6) is 0 Å². The van der Waals surface area contributed by atoms with Gasteiger partial charge >= 0.3 is 0 Å². The zero-order valence-electron chi connectivity index (χ0n) is 11.1. The predicted molar refractivity (Wildman–Crippen MR) is 77.2 cm³/mol. The van der Waals surface area contributed by atoms with E-state index in [1.54, 1.807) is 0 Å². The molecule has 0 aromatic heterocycles. The van der Waals surface area contributed by atoms with E-state index in [0.29, 0.717) is 17.5 Å². The number of hydrogen-bond acceptors (Lipinski definition) is 2. The Morgan fingerprint density at radius 1 is 1.28 bits per heavy atom. The minimum atomic E-state index is 0.0966. The molecule has 1 aromatic rings. The van der Waals surface area contributed by atoms with Crippen molar-refractivity contribution < 1.29 is 4.79 Å². The summed E-state index contributed by atoms with van der Waals surface area (Å²) in [5, 5.41) is 0. The molecule has 2 unspecified atom stereocenters. The molecule has 1 fully saturated rings. The van der Waals surface area contributed by atoms with Gasteiger partial charge in [0.1, 0.15) is 0 Å². The van der Waals surface area contributed by atoms with Crippen molar-refractivity contribution in [2.45, 2.75) is 43.5 Å². The van der Waals surface area contributed by atoms with Crippen LogP contribution in [0.1, 0.15) is 43.0 Å². The SMILES string of the molecule is CC1CCCCC1N(C)C(=O)c1ccccc1S. The summed E-state index contributed by atoms with van der Waals surface area (Å²) in [5.41, 5.74) is 0.709. The highest BCUT2D eigenvalue weighted by atomic mass is 32.1. The number of amides is 1. The molecular weight excluding hydrogens is 242 g/mol. The Morgan fingerprint density at radius 3 is 2.61 bits per heavy atom. The Balaban J connectivity index is 2.16.